The van der Waals surface area contributed by atoms with Crippen molar-refractivity contribution in [3.8, 4) is 0 Å². The van der Waals surface area contributed by atoms with Gasteiger partial charge in [-0.25, -0.2) is 0 Å². The van der Waals surface area contributed by atoms with E-state index in [4.69, 9.17) is 4.74 Å². The highest BCUT2D eigenvalue weighted by Crippen LogP contribution is 2.25. The predicted octanol–water partition coefficient (Wildman–Crippen LogP) is 7.49. The van der Waals surface area contributed by atoms with Gasteiger partial charge in [-0.15, -0.1) is 0 Å². The summed E-state index contributed by atoms with van der Waals surface area (Å²) in [5, 5.41) is 0.476. The third-order valence-electron chi connectivity index (χ3n) is 4.07. The van der Waals surface area contributed by atoms with E-state index in [0.717, 1.165) is 12.8 Å². The molecular weight excluding hydrogens is 442 g/mol. The average molecular weight is 471 g/mol. The number of ether oxygens (including phenoxy) is 1. The summed E-state index contributed by atoms with van der Waals surface area (Å²) < 4.78 is 77.9. The van der Waals surface area contributed by atoms with E-state index in [9.17, 15) is 31.1 Å². The Morgan fingerprint density at radius 1 is 0.741 bits per heavy atom. The largest absolute Gasteiger partial charge is 0.462 e. The van der Waals surface area contributed by atoms with E-state index in [1.54, 1.807) is 0 Å². The fourth-order valence-electron chi connectivity index (χ4n) is 2.69. The van der Waals surface area contributed by atoms with Gasteiger partial charge < -0.3 is 4.74 Å². The van der Waals surface area contributed by atoms with E-state index in [0.29, 0.717) is 43.9 Å². The van der Waals surface area contributed by atoms with Gasteiger partial charge in [-0.2, -0.15) is 26.3 Å². The van der Waals surface area contributed by atoms with Crippen LogP contribution in [0.5, 0.6) is 0 Å². The van der Waals surface area contributed by atoms with Gasteiger partial charge in [-0.05, 0) is 38.5 Å². The Kier molecular flexibility index (Phi) is 14.3. The second kappa shape index (κ2) is 14.5. The van der Waals surface area contributed by atoms with Gasteiger partial charge in [0.2, 0.25) is 0 Å². The van der Waals surface area contributed by atoms with Crippen LogP contribution < -0.4 is 0 Å². The van der Waals surface area contributed by atoms with Crippen LogP contribution in [0.4, 0.5) is 26.3 Å². The standard InChI is InChI=1S/C18H29BrF6O2/c19-14-11-16(26)27-15(10-6-4-8-13-18(23,24)25)9-5-2-1-3-7-12-17(20,21)22/h15H,1-14H2. The Labute approximate surface area is 165 Å². The lowest BCUT2D eigenvalue weighted by Gasteiger charge is -2.18. The smallest absolute Gasteiger partial charge is 0.389 e. The molecule has 1 unspecified atom stereocenters. The van der Waals surface area contributed by atoms with Crippen molar-refractivity contribution in [2.24, 2.45) is 0 Å². The fourth-order valence-corrected chi connectivity index (χ4v) is 3.01. The molecule has 0 aliphatic rings. The molecule has 0 fully saturated rings. The molecule has 0 saturated heterocycles. The average Bonchev–Trinajstić information content (AvgIpc) is 2.51. The van der Waals surface area contributed by atoms with E-state index in [1.165, 1.54) is 0 Å². The van der Waals surface area contributed by atoms with Gasteiger partial charge in [0, 0.05) is 18.2 Å². The summed E-state index contributed by atoms with van der Waals surface area (Å²) in [6, 6.07) is 0. The zero-order chi connectivity index (χ0) is 20.8. The molecule has 2 nitrogen and oxygen atoms in total. The number of rotatable bonds is 15. The molecule has 0 amide bonds. The molecule has 0 aromatic carbocycles. The summed E-state index contributed by atoms with van der Waals surface area (Å²) in [4.78, 5) is 11.6. The van der Waals surface area contributed by atoms with Crippen LogP contribution in [0.2, 0.25) is 0 Å². The molecule has 9 heteroatoms. The molecule has 27 heavy (non-hydrogen) atoms. The van der Waals surface area contributed by atoms with Crippen molar-refractivity contribution in [3.05, 3.63) is 0 Å². The number of esters is 1. The summed E-state index contributed by atoms with van der Waals surface area (Å²) in [7, 11) is 0. The minimum Gasteiger partial charge on any atom is -0.462 e. The molecule has 0 aliphatic heterocycles. The summed E-state index contributed by atoms with van der Waals surface area (Å²) in [5.74, 6) is -0.350. The Morgan fingerprint density at radius 2 is 1.15 bits per heavy atom. The molecule has 0 saturated carbocycles. The van der Waals surface area contributed by atoms with Crippen LogP contribution in [0.3, 0.4) is 0 Å². The van der Waals surface area contributed by atoms with Crippen molar-refractivity contribution in [2.45, 2.75) is 102 Å². The minimum atomic E-state index is -4.14. The maximum atomic E-state index is 12.1. The summed E-state index contributed by atoms with van der Waals surface area (Å²) in [5.41, 5.74) is 0. The molecule has 0 aromatic rings. The molecule has 0 radical (unpaired) electrons. The topological polar surface area (TPSA) is 26.3 Å². The van der Waals surface area contributed by atoms with Gasteiger partial charge in [-0.1, -0.05) is 41.6 Å². The van der Waals surface area contributed by atoms with E-state index in [1.807, 2.05) is 0 Å². The first-order valence-corrected chi connectivity index (χ1v) is 10.5. The van der Waals surface area contributed by atoms with E-state index < -0.39 is 25.2 Å². The molecule has 1 atom stereocenters. The maximum Gasteiger partial charge on any atom is 0.389 e. The molecular formula is C18H29BrF6O2. The first-order valence-electron chi connectivity index (χ1n) is 9.42. The first kappa shape index (κ1) is 26.5. The third-order valence-corrected chi connectivity index (χ3v) is 4.47. The number of unbranched alkanes of at least 4 members (excludes halogenated alkanes) is 6. The van der Waals surface area contributed by atoms with Crippen molar-refractivity contribution < 1.29 is 35.9 Å². The minimum absolute atomic E-state index is 0.0603. The molecule has 0 heterocycles. The SMILES string of the molecule is O=C(CCBr)OC(CCCCCCCC(F)(F)F)CCCCCC(F)(F)F. The zero-order valence-electron chi connectivity index (χ0n) is 15.4. The van der Waals surface area contributed by atoms with Crippen molar-refractivity contribution >= 4 is 21.9 Å². The quantitative estimate of drug-likeness (QED) is 0.107. The van der Waals surface area contributed by atoms with Crippen LogP contribution in [0.1, 0.15) is 83.5 Å². The van der Waals surface area contributed by atoms with Crippen LogP contribution in [0.15, 0.2) is 0 Å². The molecule has 162 valence electrons. The predicted molar refractivity (Wildman–Crippen MR) is 95.8 cm³/mol. The van der Waals surface area contributed by atoms with Gasteiger partial charge in [0.15, 0.2) is 0 Å². The van der Waals surface area contributed by atoms with Crippen LogP contribution in [-0.2, 0) is 9.53 Å². The van der Waals surface area contributed by atoms with Gasteiger partial charge in [-0.3, -0.25) is 4.79 Å². The molecule has 0 rings (SSSR count). The van der Waals surface area contributed by atoms with Gasteiger partial charge in [0.25, 0.3) is 0 Å². The lowest BCUT2D eigenvalue weighted by Crippen LogP contribution is -2.18. The van der Waals surface area contributed by atoms with E-state index in [2.05, 4.69) is 15.9 Å². The third kappa shape index (κ3) is 20.1. The highest BCUT2D eigenvalue weighted by Gasteiger charge is 2.26. The van der Waals surface area contributed by atoms with Crippen molar-refractivity contribution in [2.75, 3.05) is 5.33 Å². The Morgan fingerprint density at radius 3 is 1.59 bits per heavy atom. The molecule has 0 bridgehead atoms. The summed E-state index contributed by atoms with van der Waals surface area (Å²) in [6.07, 6.45) is -5.03. The molecule has 0 spiro atoms. The van der Waals surface area contributed by atoms with Crippen LogP contribution in [0.25, 0.3) is 0 Å². The van der Waals surface area contributed by atoms with Gasteiger partial charge >= 0.3 is 18.3 Å². The fraction of sp³-hybridized carbons (Fsp3) is 0.944. The second-order valence-electron chi connectivity index (χ2n) is 6.69. The van der Waals surface area contributed by atoms with Gasteiger partial charge in [0.1, 0.15) is 6.10 Å². The van der Waals surface area contributed by atoms with Crippen molar-refractivity contribution in [3.63, 3.8) is 0 Å². The lowest BCUT2D eigenvalue weighted by atomic mass is 10.0. The molecule has 0 aromatic heterocycles. The number of hydrogen-bond acceptors (Lipinski definition) is 2. The molecule has 0 N–H and O–H groups in total. The maximum absolute atomic E-state index is 12.1. The van der Waals surface area contributed by atoms with E-state index in [-0.39, 0.29) is 31.3 Å². The number of halogens is 7. The number of carbonyl (C=O) groups is 1. The normalized spacial score (nSPS) is 13.6. The number of hydrogen-bond donors (Lipinski definition) is 0. The van der Waals surface area contributed by atoms with E-state index >= 15 is 0 Å². The monoisotopic (exact) mass is 470 g/mol. The Hall–Kier alpha value is -0.470. The number of alkyl halides is 7. The van der Waals surface area contributed by atoms with Crippen molar-refractivity contribution in [1.82, 2.24) is 0 Å². The highest BCUT2D eigenvalue weighted by molar-refractivity contribution is 9.09. The highest BCUT2D eigenvalue weighted by atomic mass is 79.9. The first-order chi connectivity index (χ1) is 12.5. The molecule has 0 aliphatic carbocycles. The lowest BCUT2D eigenvalue weighted by molar-refractivity contribution is -0.149. The summed E-state index contributed by atoms with van der Waals surface area (Å²) >= 11 is 3.15. The number of carbonyl (C=O) groups excluding carboxylic acids is 1. The van der Waals surface area contributed by atoms with Crippen LogP contribution in [-0.4, -0.2) is 29.8 Å². The summed E-state index contributed by atoms with van der Waals surface area (Å²) in [6.45, 7) is 0. The van der Waals surface area contributed by atoms with Crippen molar-refractivity contribution in [1.29, 1.82) is 0 Å². The zero-order valence-corrected chi connectivity index (χ0v) is 17.0. The Bertz CT molecular complexity index is 385. The van der Waals surface area contributed by atoms with Crippen LogP contribution in [0, 0.1) is 0 Å². The van der Waals surface area contributed by atoms with Gasteiger partial charge in [0.05, 0.1) is 6.42 Å². The van der Waals surface area contributed by atoms with Crippen LogP contribution >= 0.6 is 15.9 Å². The second-order valence-corrected chi connectivity index (χ2v) is 7.48. The Balaban J connectivity index is 4.00.